The van der Waals surface area contributed by atoms with Crippen LogP contribution in [0.5, 0.6) is 5.75 Å². The van der Waals surface area contributed by atoms with Crippen LogP contribution >= 0.6 is 0 Å². The number of piperidine rings is 1. The zero-order valence-electron chi connectivity index (χ0n) is 19.1. The minimum Gasteiger partial charge on any atom is -0.762 e. The van der Waals surface area contributed by atoms with Crippen LogP contribution in [-0.4, -0.2) is 31.4 Å². The molecule has 0 aromatic carbocycles. The first-order chi connectivity index (χ1) is 13.1. The van der Waals surface area contributed by atoms with Gasteiger partial charge in [0.15, 0.2) is 0 Å². The zero-order chi connectivity index (χ0) is 20.5. The van der Waals surface area contributed by atoms with Gasteiger partial charge in [0.25, 0.3) is 0 Å². The van der Waals surface area contributed by atoms with Gasteiger partial charge in [0.2, 0.25) is 0 Å². The van der Waals surface area contributed by atoms with Crippen LogP contribution in [0.25, 0.3) is 22.7 Å². The number of allylic oxidation sites excluding steroid dienone is 1. The molecule has 0 unspecified atom stereocenters. The number of rotatable bonds is 4. The molecule has 30 heavy (non-hydrogen) atoms. The van der Waals surface area contributed by atoms with Crippen molar-refractivity contribution in [1.29, 1.82) is 0 Å². The van der Waals surface area contributed by atoms with E-state index in [1.54, 1.807) is 12.3 Å². The van der Waals surface area contributed by atoms with Crippen molar-refractivity contribution < 1.29 is 56.5 Å². The van der Waals surface area contributed by atoms with Gasteiger partial charge in [0.05, 0.1) is 5.69 Å². The van der Waals surface area contributed by atoms with Crippen molar-refractivity contribution in [1.82, 2.24) is 20.5 Å². The van der Waals surface area contributed by atoms with Crippen molar-refractivity contribution in [3.05, 3.63) is 61.9 Å². The Morgan fingerprint density at radius 2 is 1.87 bits per heavy atom. The Morgan fingerprint density at radius 3 is 2.37 bits per heavy atom. The second-order valence-electron chi connectivity index (χ2n) is 9.04. The summed E-state index contributed by atoms with van der Waals surface area (Å²) in [4.78, 5) is 4.28. The van der Waals surface area contributed by atoms with Crippen LogP contribution in [0.2, 0.25) is 0 Å². The third-order valence-electron chi connectivity index (χ3n) is 5.15. The largest absolute Gasteiger partial charge is 1.00 e. The molecule has 0 spiro atoms. The van der Waals surface area contributed by atoms with Gasteiger partial charge in [-0.3, -0.25) is 11.2 Å². The fourth-order valence-electron chi connectivity index (χ4n) is 4.48. The molecule has 2 aromatic heterocycles. The molecular formula is C23H32KN5O-2. The molecule has 3 rings (SSSR count). The molecular weight excluding hydrogens is 401 g/mol. The van der Waals surface area contributed by atoms with Gasteiger partial charge in [0, 0.05) is 11.1 Å². The van der Waals surface area contributed by atoms with Crippen LogP contribution in [0.1, 0.15) is 51.8 Å². The van der Waals surface area contributed by atoms with Crippen molar-refractivity contribution in [2.45, 2.75) is 58.0 Å². The summed E-state index contributed by atoms with van der Waals surface area (Å²) < 4.78 is 0. The van der Waals surface area contributed by atoms with Crippen LogP contribution in [0, 0.1) is 20.3 Å². The molecule has 2 aromatic rings. The topological polar surface area (TPSA) is 94.7 Å². The predicted molar refractivity (Wildman–Crippen MR) is 119 cm³/mol. The molecule has 158 valence electrons. The van der Waals surface area contributed by atoms with Crippen molar-refractivity contribution in [2.24, 2.45) is 5.92 Å². The summed E-state index contributed by atoms with van der Waals surface area (Å²) in [6.45, 7) is 12.8. The summed E-state index contributed by atoms with van der Waals surface area (Å²) in [6, 6.07) is 5.37. The van der Waals surface area contributed by atoms with Crippen molar-refractivity contribution in [3.63, 3.8) is 0 Å². The van der Waals surface area contributed by atoms with Crippen LogP contribution in [0.3, 0.4) is 0 Å². The fourth-order valence-corrected chi connectivity index (χ4v) is 4.48. The predicted octanol–water partition coefficient (Wildman–Crippen LogP) is 2.02. The van der Waals surface area contributed by atoms with Gasteiger partial charge in [-0.1, -0.05) is 6.07 Å². The molecule has 0 atom stereocenters. The average Bonchev–Trinajstić information content (AvgIpc) is 2.59. The summed E-state index contributed by atoms with van der Waals surface area (Å²) in [5, 5.41) is 22.7. The fraction of sp³-hybridized carbons (Fsp3) is 0.435. The monoisotopic (exact) mass is 433 g/mol. The van der Waals surface area contributed by atoms with Crippen LogP contribution in [0.4, 0.5) is 0 Å². The number of hydrogen-bond acceptors (Lipinski definition) is 5. The third kappa shape index (κ3) is 6.77. The molecule has 3 heterocycles. The van der Waals surface area contributed by atoms with E-state index in [0.29, 0.717) is 28.4 Å². The van der Waals surface area contributed by atoms with Gasteiger partial charge in [-0.25, -0.2) is 5.57 Å². The Morgan fingerprint density at radius 1 is 1.23 bits per heavy atom. The van der Waals surface area contributed by atoms with Gasteiger partial charge >= 0.3 is 51.4 Å². The van der Waals surface area contributed by atoms with Crippen LogP contribution < -0.4 is 56.7 Å². The van der Waals surface area contributed by atoms with Crippen LogP contribution in [-0.2, 0) is 6.42 Å². The molecule has 6 nitrogen and oxygen atoms in total. The minimum atomic E-state index is 0. The molecule has 0 saturated carbocycles. The van der Waals surface area contributed by atoms with E-state index < -0.39 is 0 Å². The number of hydrogen-bond donors (Lipinski definition) is 2. The molecule has 1 aliphatic rings. The summed E-state index contributed by atoms with van der Waals surface area (Å²) in [6.07, 6.45) is 5.80. The standard InChI is InChI=1S/C22H29N5O.CH3.K/c1-14(12-23)16-9-19(28)20(24-13-16)18-7-6-17(25-26-18)8-15-10-21(2,3)27-22(4,5)11-15;;/h6-7,9,12-13,15,27H,1,8,10-11H2,2-5H3,(H2-,23,26,28);1H3;/q-2;-1;+1. The van der Waals surface area contributed by atoms with Crippen molar-refractivity contribution in [3.8, 4) is 17.1 Å². The zero-order valence-corrected chi connectivity index (χ0v) is 22.2. The quantitative estimate of drug-likeness (QED) is 0.568. The molecule has 1 saturated heterocycles. The van der Waals surface area contributed by atoms with E-state index >= 15 is 0 Å². The Bertz CT molecular complexity index is 862. The van der Waals surface area contributed by atoms with Gasteiger partial charge in [0.1, 0.15) is 17.1 Å². The molecule has 0 radical (unpaired) electrons. The van der Waals surface area contributed by atoms with E-state index in [-0.39, 0.29) is 75.6 Å². The normalized spacial score (nSPS) is 18.2. The maximum atomic E-state index is 10.3. The summed E-state index contributed by atoms with van der Waals surface area (Å²) in [7, 11) is 0. The summed E-state index contributed by atoms with van der Waals surface area (Å²) in [5.41, 5.74) is 10.4. The number of nitrogens with zero attached hydrogens (tertiary/aromatic N) is 3. The van der Waals surface area contributed by atoms with E-state index in [1.165, 1.54) is 0 Å². The molecule has 7 heteroatoms. The summed E-state index contributed by atoms with van der Waals surface area (Å²) in [5.74, 6) is 0.550. The smallest absolute Gasteiger partial charge is 0.762 e. The second-order valence-corrected chi connectivity index (χ2v) is 9.04. The Hall–Kier alpha value is -0.964. The average molecular weight is 434 g/mol. The van der Waals surface area contributed by atoms with Crippen molar-refractivity contribution in [2.75, 3.05) is 0 Å². The molecule has 0 amide bonds. The Kier molecular flexibility index (Phi) is 9.54. The Balaban J connectivity index is 0.00000225. The first kappa shape index (κ1) is 27.1. The molecule has 1 aliphatic heterocycles. The number of aromatic hydroxyl groups is 1. The van der Waals surface area contributed by atoms with Gasteiger partial charge < -0.3 is 23.6 Å². The van der Waals surface area contributed by atoms with E-state index in [2.05, 4.69) is 55.1 Å². The number of aromatic nitrogens is 3. The van der Waals surface area contributed by atoms with Gasteiger partial charge in [-0.05, 0) is 71.2 Å². The molecule has 1 fully saturated rings. The maximum absolute atomic E-state index is 10.3. The first-order valence-electron chi connectivity index (χ1n) is 9.60. The molecule has 0 aliphatic carbocycles. The van der Waals surface area contributed by atoms with E-state index in [0.717, 1.165) is 31.2 Å². The Labute approximate surface area is 223 Å². The third-order valence-corrected chi connectivity index (χ3v) is 5.15. The number of pyridine rings is 1. The van der Waals surface area contributed by atoms with Gasteiger partial charge in [-0.2, -0.15) is 12.0 Å². The molecule has 0 bridgehead atoms. The maximum Gasteiger partial charge on any atom is 1.00 e. The first-order valence-corrected chi connectivity index (χ1v) is 9.60. The van der Waals surface area contributed by atoms with Crippen molar-refractivity contribution >= 4 is 5.57 Å². The van der Waals surface area contributed by atoms with Crippen LogP contribution in [0.15, 0.2) is 30.6 Å². The SMILES string of the molecule is [CH2-]/C(=C\[NH-])c1cnc(-c2ccc(CC3CC(C)(C)NC(C)(C)C3)nn2)c(O)c1.[CH3-].[K+]. The minimum absolute atomic E-state index is 0. The summed E-state index contributed by atoms with van der Waals surface area (Å²) >= 11 is 0. The van der Waals surface area contributed by atoms with E-state index in [4.69, 9.17) is 5.73 Å². The molecule has 3 N–H and O–H groups in total. The second kappa shape index (κ2) is 10.6. The van der Waals surface area contributed by atoms with E-state index in [1.807, 2.05) is 12.1 Å². The van der Waals surface area contributed by atoms with Gasteiger partial charge in [-0.15, -0.1) is 10.7 Å². The van der Waals surface area contributed by atoms with E-state index in [9.17, 15) is 5.11 Å². The number of nitrogens with one attached hydrogen (secondary N) is 2.